The van der Waals surface area contributed by atoms with Crippen LogP contribution in [-0.2, 0) is 23.2 Å². The van der Waals surface area contributed by atoms with Gasteiger partial charge in [0.2, 0.25) is 0 Å². The molecule has 4 aromatic carbocycles. The molecule has 4 aromatic rings. The summed E-state index contributed by atoms with van der Waals surface area (Å²) in [5.74, 6) is 0. The molecule has 6 rings (SSSR count). The number of benzene rings is 4. The van der Waals surface area contributed by atoms with Crippen LogP contribution in [0.4, 0.5) is 0 Å². The summed E-state index contributed by atoms with van der Waals surface area (Å²) in [6.45, 7) is 0. The maximum absolute atomic E-state index is 2.37. The molecule has 0 aromatic heterocycles. The molecule has 1 heteroatoms. The normalized spacial score (nSPS) is 14.2. The molecule has 2 aliphatic rings. The van der Waals surface area contributed by atoms with Crippen molar-refractivity contribution < 1.29 is 26.1 Å². The van der Waals surface area contributed by atoms with Crippen LogP contribution in [-0.4, -0.2) is 0 Å². The van der Waals surface area contributed by atoms with Crippen molar-refractivity contribution in [3.05, 3.63) is 119 Å². The van der Waals surface area contributed by atoms with Gasteiger partial charge in [0.25, 0.3) is 0 Å². The molecule has 128 valence electrons. The van der Waals surface area contributed by atoms with E-state index < -0.39 is 23.2 Å². The van der Waals surface area contributed by atoms with E-state index in [1.807, 2.05) is 0 Å². The van der Waals surface area contributed by atoms with Gasteiger partial charge in [-0.3, -0.25) is 0 Å². The molecule has 0 heterocycles. The maximum atomic E-state index is 2.37. The van der Waals surface area contributed by atoms with Gasteiger partial charge in [-0.2, -0.15) is 0 Å². The summed E-state index contributed by atoms with van der Waals surface area (Å²) in [6, 6.07) is 36.3. The summed E-state index contributed by atoms with van der Waals surface area (Å²) in [5.41, 5.74) is 12.1. The van der Waals surface area contributed by atoms with E-state index in [1.165, 1.54) is 22.3 Å². The van der Waals surface area contributed by atoms with E-state index in [1.54, 1.807) is 22.3 Å². The standard InChI is InChI=1S/2C13H9.Zr.2H/c2*1-3-7-12-10(5-1)9-11-6-2-4-8-13(11)12;;;/h2*1-9H;;;/q;;+2;2*-1. The van der Waals surface area contributed by atoms with Crippen molar-refractivity contribution in [2.45, 2.75) is 7.25 Å². The number of hydrogen-bond donors (Lipinski definition) is 0. The van der Waals surface area contributed by atoms with Crippen LogP contribution in [0.2, 0.25) is 0 Å². The third-order valence-electron chi connectivity index (χ3n) is 6.00. The van der Waals surface area contributed by atoms with E-state index in [4.69, 9.17) is 0 Å². The topological polar surface area (TPSA) is 0 Å². The molecule has 0 nitrogen and oxygen atoms in total. The molecule has 0 unspecified atom stereocenters. The van der Waals surface area contributed by atoms with Gasteiger partial charge in [0.05, 0.1) is 0 Å². The van der Waals surface area contributed by atoms with E-state index >= 15 is 0 Å². The minimum atomic E-state index is -0.828. The third kappa shape index (κ3) is 2.31. The van der Waals surface area contributed by atoms with Gasteiger partial charge in [-0.1, -0.05) is 0 Å². The number of rotatable bonds is 2. The Morgan fingerprint density at radius 2 is 0.667 bits per heavy atom. The van der Waals surface area contributed by atoms with Crippen molar-refractivity contribution in [2.75, 3.05) is 0 Å². The Kier molecular flexibility index (Phi) is 3.59. The van der Waals surface area contributed by atoms with Crippen LogP contribution in [0.15, 0.2) is 97.1 Å². The summed E-state index contributed by atoms with van der Waals surface area (Å²) in [4.78, 5) is 0. The number of fused-ring (bicyclic) bond motifs is 6. The molecule has 0 atom stereocenters. The molecular formula is C26H20Zr. The van der Waals surface area contributed by atoms with Crippen molar-refractivity contribution in [1.29, 1.82) is 0 Å². The van der Waals surface area contributed by atoms with Crippen molar-refractivity contribution in [2.24, 2.45) is 0 Å². The minimum absolute atomic E-state index is 0. The predicted octanol–water partition coefficient (Wildman–Crippen LogP) is 6.83. The average Bonchev–Trinajstić information content (AvgIpc) is 3.23. The van der Waals surface area contributed by atoms with Gasteiger partial charge in [0.1, 0.15) is 0 Å². The van der Waals surface area contributed by atoms with Crippen LogP contribution in [0.25, 0.3) is 22.3 Å². The zero-order valence-corrected chi connectivity index (χ0v) is 17.4. The second-order valence-corrected chi connectivity index (χ2v) is 11.0. The summed E-state index contributed by atoms with van der Waals surface area (Å²) >= 11 is -0.828. The van der Waals surface area contributed by atoms with Crippen LogP contribution < -0.4 is 0 Å². The molecule has 0 spiro atoms. The van der Waals surface area contributed by atoms with E-state index in [-0.39, 0.29) is 2.85 Å². The zero-order chi connectivity index (χ0) is 17.8. The van der Waals surface area contributed by atoms with Crippen molar-refractivity contribution in [1.82, 2.24) is 0 Å². The van der Waals surface area contributed by atoms with Gasteiger partial charge >= 0.3 is 172 Å². The fourth-order valence-electron chi connectivity index (χ4n) is 4.84. The van der Waals surface area contributed by atoms with E-state index in [0.29, 0.717) is 7.25 Å². The molecule has 0 radical (unpaired) electrons. The molecule has 0 aliphatic heterocycles. The molecular weight excluding hydrogens is 404 g/mol. The van der Waals surface area contributed by atoms with Gasteiger partial charge in [-0.05, 0) is 0 Å². The number of hydrogen-bond acceptors (Lipinski definition) is 0. The van der Waals surface area contributed by atoms with Crippen LogP contribution >= 0.6 is 0 Å². The molecule has 0 fully saturated rings. The first kappa shape index (κ1) is 15.8. The van der Waals surface area contributed by atoms with Crippen LogP contribution in [0, 0.1) is 0 Å². The van der Waals surface area contributed by atoms with Crippen molar-refractivity contribution >= 4 is 0 Å². The predicted molar refractivity (Wildman–Crippen MR) is 110 cm³/mol. The Morgan fingerprint density at radius 1 is 0.407 bits per heavy atom. The Bertz CT molecular complexity index is 1000. The summed E-state index contributed by atoms with van der Waals surface area (Å²) < 4.78 is 1.26. The van der Waals surface area contributed by atoms with E-state index in [0.717, 1.165) is 0 Å². The summed E-state index contributed by atoms with van der Waals surface area (Å²) in [5, 5.41) is 0. The molecule has 2 aliphatic carbocycles. The Labute approximate surface area is 174 Å². The Hall–Kier alpha value is -2.24. The van der Waals surface area contributed by atoms with Crippen LogP contribution in [0.1, 0.15) is 32.4 Å². The van der Waals surface area contributed by atoms with Gasteiger partial charge < -0.3 is 2.85 Å². The van der Waals surface area contributed by atoms with Crippen LogP contribution in [0.5, 0.6) is 0 Å². The first-order valence-corrected chi connectivity index (χ1v) is 12.4. The molecule has 0 N–H and O–H groups in total. The van der Waals surface area contributed by atoms with Gasteiger partial charge in [-0.15, -0.1) is 0 Å². The molecule has 0 saturated heterocycles. The van der Waals surface area contributed by atoms with Gasteiger partial charge in [0, 0.05) is 0 Å². The first-order chi connectivity index (χ1) is 13.4. The third-order valence-corrected chi connectivity index (χ3v) is 10.7. The summed E-state index contributed by atoms with van der Waals surface area (Å²) in [7, 11) is 0. The monoisotopic (exact) mass is 422 g/mol. The SMILES string of the molecule is [H-].[H-].c1ccc2c(c1)-c1ccccc1[CH]2[Zr+2][CH]1c2ccccc2-c2ccccc21. The quantitative estimate of drug-likeness (QED) is 0.331. The Balaban J connectivity index is 0.00000102. The zero-order valence-electron chi connectivity index (χ0n) is 16.9. The molecule has 0 bridgehead atoms. The second-order valence-electron chi connectivity index (χ2n) is 7.38. The first-order valence-electron chi connectivity index (χ1n) is 9.54. The average molecular weight is 424 g/mol. The van der Waals surface area contributed by atoms with Crippen molar-refractivity contribution in [3.8, 4) is 22.3 Å². The Morgan fingerprint density at radius 3 is 0.963 bits per heavy atom. The van der Waals surface area contributed by atoms with Gasteiger partial charge in [-0.25, -0.2) is 0 Å². The van der Waals surface area contributed by atoms with E-state index in [9.17, 15) is 0 Å². The fourth-order valence-corrected chi connectivity index (χ4v) is 9.90. The van der Waals surface area contributed by atoms with Crippen molar-refractivity contribution in [3.63, 3.8) is 0 Å². The molecule has 27 heavy (non-hydrogen) atoms. The summed E-state index contributed by atoms with van der Waals surface area (Å²) in [6.07, 6.45) is 0. The fraction of sp³-hybridized carbons (Fsp3) is 0.0769. The van der Waals surface area contributed by atoms with E-state index in [2.05, 4.69) is 97.1 Å². The van der Waals surface area contributed by atoms with Gasteiger partial charge in [0.15, 0.2) is 0 Å². The molecule has 0 saturated carbocycles. The van der Waals surface area contributed by atoms with Crippen LogP contribution in [0.3, 0.4) is 0 Å². The second kappa shape index (κ2) is 6.15. The molecule has 0 amide bonds.